The lowest BCUT2D eigenvalue weighted by atomic mass is 9.81. The van der Waals surface area contributed by atoms with Gasteiger partial charge in [0.2, 0.25) is 0 Å². The van der Waals surface area contributed by atoms with Gasteiger partial charge in [0, 0.05) is 30.4 Å². The van der Waals surface area contributed by atoms with Gasteiger partial charge in [0.15, 0.2) is 0 Å². The zero-order chi connectivity index (χ0) is 13.6. The van der Waals surface area contributed by atoms with E-state index in [4.69, 9.17) is 0 Å². The molecular formula is C17H20N2O. The van der Waals surface area contributed by atoms with Gasteiger partial charge in [-0.2, -0.15) is 0 Å². The Hall–Kier alpha value is -1.45. The van der Waals surface area contributed by atoms with Crippen LogP contribution in [0.2, 0.25) is 0 Å². The quantitative estimate of drug-likeness (QED) is 0.864. The summed E-state index contributed by atoms with van der Waals surface area (Å²) in [5.41, 5.74) is 0.362. The number of nitrogens with zero attached hydrogens (tertiary/aromatic N) is 2. The van der Waals surface area contributed by atoms with Gasteiger partial charge >= 0.3 is 0 Å². The van der Waals surface area contributed by atoms with E-state index in [1.54, 1.807) is 0 Å². The highest BCUT2D eigenvalue weighted by Crippen LogP contribution is 2.44. The number of aliphatic hydroxyl groups is 1. The summed E-state index contributed by atoms with van der Waals surface area (Å²) in [5, 5.41) is 13.7. The minimum atomic E-state index is -0.705. The van der Waals surface area contributed by atoms with Gasteiger partial charge in [0.05, 0.1) is 0 Å². The van der Waals surface area contributed by atoms with Crippen molar-refractivity contribution in [2.75, 3.05) is 13.1 Å². The molecule has 0 radical (unpaired) electrons. The molecular weight excluding hydrogens is 248 g/mol. The second-order valence-electron chi connectivity index (χ2n) is 6.12. The van der Waals surface area contributed by atoms with Crippen molar-refractivity contribution >= 4 is 10.8 Å². The highest BCUT2D eigenvalue weighted by atomic mass is 16.3. The summed E-state index contributed by atoms with van der Waals surface area (Å²) >= 11 is 0. The van der Waals surface area contributed by atoms with Crippen LogP contribution < -0.4 is 0 Å². The van der Waals surface area contributed by atoms with E-state index in [1.165, 1.54) is 18.2 Å². The summed E-state index contributed by atoms with van der Waals surface area (Å²) in [5.74, 6) is 0. The van der Waals surface area contributed by atoms with Crippen molar-refractivity contribution in [2.24, 2.45) is 0 Å². The molecule has 2 aliphatic heterocycles. The van der Waals surface area contributed by atoms with Crippen LogP contribution in [0.15, 0.2) is 36.7 Å². The minimum absolute atomic E-state index is 0.280. The van der Waals surface area contributed by atoms with E-state index in [0.29, 0.717) is 0 Å². The maximum Gasteiger partial charge on any atom is 0.107 e. The molecule has 3 nitrogen and oxygen atoms in total. The first-order valence-electron chi connectivity index (χ1n) is 7.59. The first-order chi connectivity index (χ1) is 9.79. The molecule has 0 aliphatic carbocycles. The van der Waals surface area contributed by atoms with Crippen LogP contribution in [0.5, 0.6) is 0 Å². The summed E-state index contributed by atoms with van der Waals surface area (Å²) in [6.07, 6.45) is 8.15. The molecule has 0 amide bonds. The zero-order valence-corrected chi connectivity index (χ0v) is 11.6. The van der Waals surface area contributed by atoms with Gasteiger partial charge in [-0.15, -0.1) is 0 Å². The Labute approximate surface area is 119 Å². The molecule has 0 bridgehead atoms. The Morgan fingerprint density at radius 1 is 1.20 bits per heavy atom. The number of hydrogen-bond donors (Lipinski definition) is 1. The van der Waals surface area contributed by atoms with E-state index in [1.807, 2.05) is 18.5 Å². The average molecular weight is 268 g/mol. The van der Waals surface area contributed by atoms with E-state index in [-0.39, 0.29) is 6.04 Å². The summed E-state index contributed by atoms with van der Waals surface area (Å²) in [7, 11) is 0. The first kappa shape index (κ1) is 12.3. The van der Waals surface area contributed by atoms with Gasteiger partial charge in [-0.05, 0) is 42.8 Å². The molecule has 4 rings (SSSR count). The van der Waals surface area contributed by atoms with Crippen LogP contribution in [0, 0.1) is 0 Å². The molecule has 2 unspecified atom stereocenters. The first-order valence-corrected chi connectivity index (χ1v) is 7.59. The molecule has 1 aromatic carbocycles. The van der Waals surface area contributed by atoms with Gasteiger partial charge in [0.1, 0.15) is 5.60 Å². The number of benzene rings is 1. The number of aromatic nitrogens is 1. The van der Waals surface area contributed by atoms with Crippen molar-refractivity contribution in [2.45, 2.75) is 37.3 Å². The third-order valence-electron chi connectivity index (χ3n) is 5.10. The monoisotopic (exact) mass is 268 g/mol. The van der Waals surface area contributed by atoms with Crippen molar-refractivity contribution in [3.05, 3.63) is 42.2 Å². The summed E-state index contributed by atoms with van der Waals surface area (Å²) < 4.78 is 0. The molecule has 20 heavy (non-hydrogen) atoms. The Morgan fingerprint density at radius 2 is 2.15 bits per heavy atom. The largest absolute Gasteiger partial charge is 0.383 e. The van der Waals surface area contributed by atoms with E-state index in [2.05, 4.69) is 28.1 Å². The second kappa shape index (κ2) is 4.54. The van der Waals surface area contributed by atoms with E-state index < -0.39 is 5.60 Å². The van der Waals surface area contributed by atoms with Gasteiger partial charge < -0.3 is 5.11 Å². The Bertz CT molecular complexity index is 636. The number of pyridine rings is 1. The van der Waals surface area contributed by atoms with Crippen LogP contribution in [-0.4, -0.2) is 34.1 Å². The minimum Gasteiger partial charge on any atom is -0.383 e. The predicted octanol–water partition coefficient (Wildman–Crippen LogP) is 2.68. The van der Waals surface area contributed by atoms with Gasteiger partial charge in [-0.25, -0.2) is 0 Å². The second-order valence-corrected chi connectivity index (χ2v) is 6.12. The predicted molar refractivity (Wildman–Crippen MR) is 79.5 cm³/mol. The fourth-order valence-electron chi connectivity index (χ4n) is 4.09. The normalized spacial score (nSPS) is 30.6. The van der Waals surface area contributed by atoms with Crippen LogP contribution in [0.3, 0.4) is 0 Å². The van der Waals surface area contributed by atoms with Crippen LogP contribution in [0.4, 0.5) is 0 Å². The number of hydrogen-bond acceptors (Lipinski definition) is 3. The number of piperidine rings is 1. The summed E-state index contributed by atoms with van der Waals surface area (Å²) in [6.45, 7) is 2.15. The Morgan fingerprint density at radius 3 is 3.10 bits per heavy atom. The Kier molecular flexibility index (Phi) is 2.79. The lowest BCUT2D eigenvalue weighted by Gasteiger charge is -2.38. The van der Waals surface area contributed by atoms with Gasteiger partial charge in [0.25, 0.3) is 0 Å². The smallest absolute Gasteiger partial charge is 0.107 e. The zero-order valence-electron chi connectivity index (χ0n) is 11.6. The highest BCUT2D eigenvalue weighted by molar-refractivity contribution is 5.85. The summed E-state index contributed by atoms with van der Waals surface area (Å²) in [4.78, 5) is 6.73. The summed E-state index contributed by atoms with van der Waals surface area (Å²) in [6, 6.07) is 8.54. The van der Waals surface area contributed by atoms with E-state index in [0.717, 1.165) is 36.9 Å². The maximum absolute atomic E-state index is 11.4. The van der Waals surface area contributed by atoms with Gasteiger partial charge in [-0.1, -0.05) is 24.6 Å². The van der Waals surface area contributed by atoms with Crippen LogP contribution in [0.1, 0.15) is 31.2 Å². The third kappa shape index (κ3) is 1.70. The third-order valence-corrected chi connectivity index (χ3v) is 5.10. The molecule has 2 saturated heterocycles. The van der Waals surface area contributed by atoms with Crippen molar-refractivity contribution in [1.82, 2.24) is 9.88 Å². The maximum atomic E-state index is 11.4. The van der Waals surface area contributed by atoms with Crippen LogP contribution in [-0.2, 0) is 5.60 Å². The lowest BCUT2D eigenvalue weighted by molar-refractivity contribution is -0.0126. The molecule has 3 heterocycles. The van der Waals surface area contributed by atoms with Crippen LogP contribution in [0.25, 0.3) is 10.8 Å². The molecule has 2 aromatic rings. The SMILES string of the molecule is OC1(c2cccc3ccncc23)CCN2CCCCC21. The average Bonchev–Trinajstić information content (AvgIpc) is 2.86. The topological polar surface area (TPSA) is 36.4 Å². The van der Waals surface area contributed by atoms with Crippen LogP contribution >= 0.6 is 0 Å². The lowest BCUT2D eigenvalue weighted by Crippen LogP contribution is -2.45. The molecule has 0 saturated carbocycles. The Balaban J connectivity index is 1.86. The molecule has 2 atom stereocenters. The number of rotatable bonds is 1. The van der Waals surface area contributed by atoms with Crippen molar-refractivity contribution in [3.8, 4) is 0 Å². The van der Waals surface area contributed by atoms with E-state index >= 15 is 0 Å². The van der Waals surface area contributed by atoms with Crippen molar-refractivity contribution < 1.29 is 5.11 Å². The van der Waals surface area contributed by atoms with Crippen molar-refractivity contribution in [1.29, 1.82) is 0 Å². The molecule has 1 aromatic heterocycles. The van der Waals surface area contributed by atoms with E-state index in [9.17, 15) is 5.11 Å². The fourth-order valence-corrected chi connectivity index (χ4v) is 4.09. The van der Waals surface area contributed by atoms with Gasteiger partial charge in [-0.3, -0.25) is 9.88 Å². The molecule has 2 aliphatic rings. The van der Waals surface area contributed by atoms with Crippen molar-refractivity contribution in [3.63, 3.8) is 0 Å². The molecule has 3 heteroatoms. The number of fused-ring (bicyclic) bond motifs is 2. The molecule has 0 spiro atoms. The molecule has 1 N–H and O–H groups in total. The molecule has 104 valence electrons. The highest BCUT2D eigenvalue weighted by Gasteiger charge is 2.48. The standard InChI is InChI=1S/C17H20N2O/c20-17(8-11-19-10-2-1-6-16(17)19)15-5-3-4-13-7-9-18-12-14(13)15/h3-5,7,9,12,16,20H,1-2,6,8,10-11H2. The fraction of sp³-hybridized carbons (Fsp3) is 0.471. The molecule has 2 fully saturated rings.